The van der Waals surface area contributed by atoms with Gasteiger partial charge in [-0.15, -0.1) is 0 Å². The van der Waals surface area contributed by atoms with E-state index in [4.69, 9.17) is 4.98 Å². The highest BCUT2D eigenvalue weighted by molar-refractivity contribution is 5.84. The lowest BCUT2D eigenvalue weighted by molar-refractivity contribution is 0.590. The molecule has 0 bridgehead atoms. The van der Waals surface area contributed by atoms with Crippen molar-refractivity contribution in [3.05, 3.63) is 147 Å². The predicted octanol–water partition coefficient (Wildman–Crippen LogP) is 8.11. The fourth-order valence-corrected chi connectivity index (χ4v) is 5.05. The molecule has 4 heteroatoms. The van der Waals surface area contributed by atoms with Crippen LogP contribution < -0.4 is 5.56 Å². The van der Waals surface area contributed by atoms with Gasteiger partial charge in [-0.25, -0.2) is 4.98 Å². The number of para-hydroxylation sites is 1. The maximum absolute atomic E-state index is 13.8. The maximum Gasteiger partial charge on any atom is 0.266 e. The molecular formula is C38H31N3O. The Morgan fingerprint density at radius 2 is 1.52 bits per heavy atom. The van der Waals surface area contributed by atoms with Gasteiger partial charge in [0.15, 0.2) is 0 Å². The van der Waals surface area contributed by atoms with E-state index < -0.39 is 0 Å². The molecule has 6 rings (SSSR count). The Bertz CT molecular complexity index is 2100. The number of hydrogen-bond acceptors (Lipinski definition) is 3. The van der Waals surface area contributed by atoms with Crippen LogP contribution in [-0.4, -0.2) is 14.5 Å². The minimum atomic E-state index is -0.108. The van der Waals surface area contributed by atoms with E-state index >= 15 is 0 Å². The topological polar surface area (TPSA) is 47.8 Å². The number of fused-ring (bicyclic) bond motifs is 2. The van der Waals surface area contributed by atoms with E-state index in [0.29, 0.717) is 16.7 Å². The van der Waals surface area contributed by atoms with Crippen molar-refractivity contribution in [3.63, 3.8) is 0 Å². The highest BCUT2D eigenvalue weighted by atomic mass is 16.1. The molecule has 2 aromatic heterocycles. The van der Waals surface area contributed by atoms with Crippen LogP contribution in [0.25, 0.3) is 39.6 Å². The number of nitrogens with zero attached hydrogens (tertiary/aromatic N) is 3. The van der Waals surface area contributed by atoms with Crippen LogP contribution in [0.15, 0.2) is 108 Å². The molecule has 0 saturated carbocycles. The molecule has 0 N–H and O–H groups in total. The number of rotatable bonds is 3. The SMILES string of the molecule is Cc1cc(C#Cc2ccc(C(C)(C)C)cc2)ccc1-n1c(C=Cc2ccc3ncccc3c2)nc2ccccc2c1=O. The minimum absolute atomic E-state index is 0.107. The van der Waals surface area contributed by atoms with E-state index in [1.165, 1.54) is 5.56 Å². The molecule has 2 heterocycles. The van der Waals surface area contributed by atoms with Gasteiger partial charge in [-0.2, -0.15) is 0 Å². The van der Waals surface area contributed by atoms with Gasteiger partial charge in [0.05, 0.1) is 22.1 Å². The third-order valence-electron chi connectivity index (χ3n) is 7.39. The molecule has 0 saturated heterocycles. The molecule has 0 amide bonds. The summed E-state index contributed by atoms with van der Waals surface area (Å²) in [6, 6.07) is 31.9. The van der Waals surface area contributed by atoms with Gasteiger partial charge in [0, 0.05) is 22.7 Å². The largest absolute Gasteiger partial charge is 0.268 e. The summed E-state index contributed by atoms with van der Waals surface area (Å²) < 4.78 is 1.69. The summed E-state index contributed by atoms with van der Waals surface area (Å²) >= 11 is 0. The molecule has 4 aromatic carbocycles. The first-order valence-corrected chi connectivity index (χ1v) is 14.0. The Morgan fingerprint density at radius 1 is 0.762 bits per heavy atom. The van der Waals surface area contributed by atoms with Gasteiger partial charge in [-0.05, 0) is 95.8 Å². The molecule has 6 aromatic rings. The maximum atomic E-state index is 13.8. The molecule has 0 unspecified atom stereocenters. The van der Waals surface area contributed by atoms with E-state index in [2.05, 4.69) is 67.9 Å². The Kier molecular flexibility index (Phi) is 7.02. The monoisotopic (exact) mass is 545 g/mol. The lowest BCUT2D eigenvalue weighted by atomic mass is 9.87. The Balaban J connectivity index is 1.39. The number of aryl methyl sites for hydroxylation is 1. The van der Waals surface area contributed by atoms with Gasteiger partial charge in [-0.1, -0.05) is 75.1 Å². The second kappa shape index (κ2) is 11.0. The van der Waals surface area contributed by atoms with Crippen LogP contribution in [0.3, 0.4) is 0 Å². The van der Waals surface area contributed by atoms with Crippen molar-refractivity contribution in [3.8, 4) is 17.5 Å². The molecule has 42 heavy (non-hydrogen) atoms. The minimum Gasteiger partial charge on any atom is -0.268 e. The van der Waals surface area contributed by atoms with Gasteiger partial charge in [0.25, 0.3) is 5.56 Å². The molecule has 0 radical (unpaired) electrons. The van der Waals surface area contributed by atoms with Gasteiger partial charge in [0.2, 0.25) is 0 Å². The molecular weight excluding hydrogens is 514 g/mol. The van der Waals surface area contributed by atoms with Crippen LogP contribution in [0.2, 0.25) is 0 Å². The fourth-order valence-electron chi connectivity index (χ4n) is 5.05. The van der Waals surface area contributed by atoms with Gasteiger partial charge in [-0.3, -0.25) is 14.3 Å². The van der Waals surface area contributed by atoms with Crippen molar-refractivity contribution >= 4 is 34.0 Å². The van der Waals surface area contributed by atoms with E-state index in [-0.39, 0.29) is 11.0 Å². The van der Waals surface area contributed by atoms with Crippen molar-refractivity contribution in [2.75, 3.05) is 0 Å². The molecule has 0 aliphatic carbocycles. The molecule has 0 aliphatic rings. The summed E-state index contributed by atoms with van der Waals surface area (Å²) in [4.78, 5) is 23.1. The zero-order chi connectivity index (χ0) is 29.3. The van der Waals surface area contributed by atoms with Gasteiger partial charge < -0.3 is 0 Å². The average Bonchev–Trinajstić information content (AvgIpc) is 2.99. The fraction of sp³-hybridized carbons (Fsp3) is 0.132. The lowest BCUT2D eigenvalue weighted by Crippen LogP contribution is -2.23. The number of benzene rings is 4. The standard InChI is InChI=1S/C38H31N3O/c1-26-24-28(12-11-27-13-18-31(19-14-27)38(2,3)4)16-21-35(26)41-36(40-34-10-6-5-9-32(34)37(41)42)22-17-29-15-20-33-30(25-29)8-7-23-39-33/h5-10,13-25H,1-4H3. The Morgan fingerprint density at radius 3 is 2.31 bits per heavy atom. The third-order valence-corrected chi connectivity index (χ3v) is 7.39. The number of aromatic nitrogens is 3. The van der Waals surface area contributed by atoms with Gasteiger partial charge >= 0.3 is 0 Å². The van der Waals surface area contributed by atoms with Crippen molar-refractivity contribution in [2.24, 2.45) is 0 Å². The Labute approximate surface area is 246 Å². The van der Waals surface area contributed by atoms with Crippen molar-refractivity contribution in [2.45, 2.75) is 33.1 Å². The summed E-state index contributed by atoms with van der Waals surface area (Å²) in [7, 11) is 0. The van der Waals surface area contributed by atoms with Crippen LogP contribution in [0.5, 0.6) is 0 Å². The van der Waals surface area contributed by atoms with Crippen molar-refractivity contribution < 1.29 is 0 Å². The first-order chi connectivity index (χ1) is 20.3. The Hall–Kier alpha value is -5.27. The van der Waals surface area contributed by atoms with E-state index in [1.54, 1.807) is 10.8 Å². The van der Waals surface area contributed by atoms with Crippen LogP contribution in [0.1, 0.15) is 54.4 Å². The van der Waals surface area contributed by atoms with Crippen LogP contribution in [-0.2, 0) is 5.41 Å². The normalized spacial score (nSPS) is 11.6. The summed E-state index contributed by atoms with van der Waals surface area (Å²) in [5, 5.41) is 1.63. The second-order valence-electron chi connectivity index (χ2n) is 11.5. The highest BCUT2D eigenvalue weighted by Gasteiger charge is 2.14. The van der Waals surface area contributed by atoms with Crippen LogP contribution >= 0.6 is 0 Å². The summed E-state index contributed by atoms with van der Waals surface area (Å²) in [6.07, 6.45) is 5.68. The zero-order valence-corrected chi connectivity index (χ0v) is 24.2. The summed E-state index contributed by atoms with van der Waals surface area (Å²) in [6.45, 7) is 8.62. The average molecular weight is 546 g/mol. The highest BCUT2D eigenvalue weighted by Crippen LogP contribution is 2.23. The quantitative estimate of drug-likeness (QED) is 0.211. The zero-order valence-electron chi connectivity index (χ0n) is 24.2. The summed E-state index contributed by atoms with van der Waals surface area (Å²) in [5.41, 5.74) is 7.47. The molecule has 204 valence electrons. The third kappa shape index (κ3) is 5.50. The molecule has 4 nitrogen and oxygen atoms in total. The molecule has 0 atom stereocenters. The smallest absolute Gasteiger partial charge is 0.266 e. The van der Waals surface area contributed by atoms with Crippen molar-refractivity contribution in [1.82, 2.24) is 14.5 Å². The molecule has 0 spiro atoms. The number of pyridine rings is 1. The first-order valence-electron chi connectivity index (χ1n) is 14.0. The predicted molar refractivity (Wildman–Crippen MR) is 174 cm³/mol. The summed E-state index contributed by atoms with van der Waals surface area (Å²) in [5.74, 6) is 7.13. The van der Waals surface area contributed by atoms with E-state index in [1.807, 2.05) is 85.8 Å². The first kappa shape index (κ1) is 26.9. The lowest BCUT2D eigenvalue weighted by Gasteiger charge is -2.18. The van der Waals surface area contributed by atoms with Crippen LogP contribution in [0, 0.1) is 18.8 Å². The van der Waals surface area contributed by atoms with Crippen LogP contribution in [0.4, 0.5) is 0 Å². The molecule has 0 fully saturated rings. The van der Waals surface area contributed by atoms with E-state index in [9.17, 15) is 4.79 Å². The molecule has 0 aliphatic heterocycles. The van der Waals surface area contributed by atoms with E-state index in [0.717, 1.165) is 38.8 Å². The number of hydrogen-bond donors (Lipinski definition) is 0. The van der Waals surface area contributed by atoms with Crippen molar-refractivity contribution in [1.29, 1.82) is 0 Å². The second-order valence-corrected chi connectivity index (χ2v) is 11.5. The van der Waals surface area contributed by atoms with Gasteiger partial charge in [0.1, 0.15) is 5.82 Å².